The monoisotopic (exact) mass is 265 g/mol. The summed E-state index contributed by atoms with van der Waals surface area (Å²) >= 11 is 1.79. The summed E-state index contributed by atoms with van der Waals surface area (Å²) < 4.78 is 0. The fourth-order valence-corrected chi connectivity index (χ4v) is 3.82. The molecule has 1 fully saturated rings. The van der Waals surface area contributed by atoms with Gasteiger partial charge in [-0.15, -0.1) is 0 Å². The first-order chi connectivity index (χ1) is 8.72. The molecule has 1 saturated carbocycles. The van der Waals surface area contributed by atoms with Crippen molar-refractivity contribution in [3.05, 3.63) is 22.4 Å². The number of unbranched alkanes of at least 4 members (excludes halogenated alkanes) is 1. The van der Waals surface area contributed by atoms with E-state index in [2.05, 4.69) is 23.8 Å². The molecule has 0 radical (unpaired) electrons. The normalized spacial score (nSPS) is 28.4. The minimum Gasteiger partial charge on any atom is -0.325 e. The molecule has 18 heavy (non-hydrogen) atoms. The summed E-state index contributed by atoms with van der Waals surface area (Å²) in [6.07, 6.45) is 11.7. The van der Waals surface area contributed by atoms with Crippen LogP contribution < -0.4 is 5.73 Å². The van der Waals surface area contributed by atoms with Crippen LogP contribution in [0.4, 0.5) is 0 Å². The molecule has 1 heterocycles. The van der Waals surface area contributed by atoms with Gasteiger partial charge >= 0.3 is 0 Å². The molecule has 1 aromatic rings. The molecule has 1 nitrogen and oxygen atoms in total. The molecule has 0 spiro atoms. The quantitative estimate of drug-likeness (QED) is 0.788. The molecule has 2 rings (SSSR count). The number of nitrogens with two attached hydrogens (primary N) is 1. The van der Waals surface area contributed by atoms with Crippen LogP contribution in [0.5, 0.6) is 0 Å². The third-order valence-electron chi connectivity index (χ3n) is 4.56. The molecular formula is C16H27NS. The maximum Gasteiger partial charge on any atom is 0.0157 e. The third kappa shape index (κ3) is 4.10. The van der Waals surface area contributed by atoms with Crippen LogP contribution in [-0.4, -0.2) is 5.54 Å². The Morgan fingerprint density at radius 1 is 1.39 bits per heavy atom. The second-order valence-corrected chi connectivity index (χ2v) is 6.86. The van der Waals surface area contributed by atoms with E-state index >= 15 is 0 Å². The first-order valence-electron chi connectivity index (χ1n) is 7.52. The Morgan fingerprint density at radius 2 is 2.17 bits per heavy atom. The van der Waals surface area contributed by atoms with Crippen molar-refractivity contribution in [1.29, 1.82) is 0 Å². The van der Waals surface area contributed by atoms with Crippen LogP contribution in [0.3, 0.4) is 0 Å². The molecule has 102 valence electrons. The fourth-order valence-electron chi connectivity index (χ4n) is 3.11. The molecule has 1 aromatic heterocycles. The number of thiophene rings is 1. The molecule has 2 heteroatoms. The number of hydrogen-bond acceptors (Lipinski definition) is 2. The van der Waals surface area contributed by atoms with Gasteiger partial charge in [0.1, 0.15) is 0 Å². The van der Waals surface area contributed by atoms with Crippen LogP contribution in [-0.2, 0) is 6.42 Å². The lowest BCUT2D eigenvalue weighted by Gasteiger charge is -2.37. The maximum absolute atomic E-state index is 6.57. The van der Waals surface area contributed by atoms with Crippen LogP contribution >= 0.6 is 11.3 Å². The molecule has 0 saturated heterocycles. The van der Waals surface area contributed by atoms with Gasteiger partial charge in [0, 0.05) is 5.54 Å². The minimum absolute atomic E-state index is 0.130. The van der Waals surface area contributed by atoms with E-state index in [1.807, 2.05) is 0 Å². The van der Waals surface area contributed by atoms with Gasteiger partial charge in [-0.3, -0.25) is 0 Å². The van der Waals surface area contributed by atoms with Crippen LogP contribution in [0.15, 0.2) is 16.8 Å². The Morgan fingerprint density at radius 3 is 2.78 bits per heavy atom. The lowest BCUT2D eigenvalue weighted by atomic mass is 9.73. The van der Waals surface area contributed by atoms with Crippen molar-refractivity contribution in [2.24, 2.45) is 11.7 Å². The van der Waals surface area contributed by atoms with E-state index in [9.17, 15) is 0 Å². The summed E-state index contributed by atoms with van der Waals surface area (Å²) in [5.74, 6) is 0.961. The number of hydrogen-bond donors (Lipinski definition) is 1. The first kappa shape index (κ1) is 14.1. The predicted molar refractivity (Wildman–Crippen MR) is 81.0 cm³/mol. The molecule has 0 aromatic carbocycles. The van der Waals surface area contributed by atoms with E-state index in [4.69, 9.17) is 5.73 Å². The molecule has 1 aliphatic carbocycles. The van der Waals surface area contributed by atoms with Crippen molar-refractivity contribution in [2.45, 2.75) is 70.3 Å². The number of aryl methyl sites for hydroxylation is 1. The van der Waals surface area contributed by atoms with E-state index in [0.29, 0.717) is 0 Å². The van der Waals surface area contributed by atoms with Crippen molar-refractivity contribution in [1.82, 2.24) is 0 Å². The van der Waals surface area contributed by atoms with Crippen molar-refractivity contribution >= 4 is 11.3 Å². The van der Waals surface area contributed by atoms with Gasteiger partial charge in [0.15, 0.2) is 0 Å². The van der Waals surface area contributed by atoms with E-state index in [1.165, 1.54) is 63.4 Å². The molecule has 0 amide bonds. The van der Waals surface area contributed by atoms with E-state index in [0.717, 1.165) is 5.92 Å². The smallest absolute Gasteiger partial charge is 0.0157 e. The van der Waals surface area contributed by atoms with Gasteiger partial charge < -0.3 is 5.73 Å². The Kier molecular flexibility index (Phi) is 5.25. The average molecular weight is 265 g/mol. The summed E-state index contributed by atoms with van der Waals surface area (Å²) in [4.78, 5) is 0. The highest BCUT2D eigenvalue weighted by Gasteiger charge is 2.30. The standard InChI is InChI=1S/C16H27NS/c1-2-3-4-14-5-9-16(17,10-6-14)11-7-15-8-12-18-13-15/h8,12-14H,2-7,9-11,17H2,1H3. The lowest BCUT2D eigenvalue weighted by molar-refractivity contribution is 0.212. The van der Waals surface area contributed by atoms with Crippen LogP contribution in [0.1, 0.15) is 63.9 Å². The predicted octanol–water partition coefficient (Wildman–Crippen LogP) is 4.76. The summed E-state index contributed by atoms with van der Waals surface area (Å²) in [5, 5.41) is 4.43. The molecule has 0 unspecified atom stereocenters. The molecular weight excluding hydrogens is 238 g/mol. The largest absolute Gasteiger partial charge is 0.325 e. The Balaban J connectivity index is 1.73. The first-order valence-corrected chi connectivity index (χ1v) is 8.46. The SMILES string of the molecule is CCCCC1CCC(N)(CCc2ccsc2)CC1. The molecule has 1 aliphatic rings. The molecule has 0 aliphatic heterocycles. The van der Waals surface area contributed by atoms with Crippen molar-refractivity contribution < 1.29 is 0 Å². The summed E-state index contributed by atoms with van der Waals surface area (Å²) in [7, 11) is 0. The lowest BCUT2D eigenvalue weighted by Crippen LogP contribution is -2.43. The zero-order chi connectivity index (χ0) is 12.8. The van der Waals surface area contributed by atoms with Crippen LogP contribution in [0.25, 0.3) is 0 Å². The van der Waals surface area contributed by atoms with E-state index in [-0.39, 0.29) is 5.54 Å². The Hall–Kier alpha value is -0.340. The highest BCUT2D eigenvalue weighted by molar-refractivity contribution is 7.07. The summed E-state index contributed by atoms with van der Waals surface area (Å²) in [6.45, 7) is 2.29. The Bertz CT molecular complexity index is 323. The van der Waals surface area contributed by atoms with E-state index in [1.54, 1.807) is 11.3 Å². The minimum atomic E-state index is 0.130. The summed E-state index contributed by atoms with van der Waals surface area (Å²) in [5.41, 5.74) is 8.17. The van der Waals surface area contributed by atoms with Crippen molar-refractivity contribution in [2.75, 3.05) is 0 Å². The maximum atomic E-state index is 6.57. The zero-order valence-corrected chi connectivity index (χ0v) is 12.5. The summed E-state index contributed by atoms with van der Waals surface area (Å²) in [6, 6.07) is 2.24. The Labute approximate surface area is 116 Å². The highest BCUT2D eigenvalue weighted by Crippen LogP contribution is 2.35. The average Bonchev–Trinajstić information content (AvgIpc) is 2.89. The van der Waals surface area contributed by atoms with Gasteiger partial charge in [-0.1, -0.05) is 26.2 Å². The second kappa shape index (κ2) is 6.72. The van der Waals surface area contributed by atoms with Gasteiger partial charge in [0.05, 0.1) is 0 Å². The van der Waals surface area contributed by atoms with Crippen LogP contribution in [0, 0.1) is 5.92 Å². The fraction of sp³-hybridized carbons (Fsp3) is 0.750. The van der Waals surface area contributed by atoms with Gasteiger partial charge in [-0.2, -0.15) is 11.3 Å². The van der Waals surface area contributed by atoms with Gasteiger partial charge in [-0.05, 0) is 66.8 Å². The topological polar surface area (TPSA) is 26.0 Å². The van der Waals surface area contributed by atoms with Crippen LogP contribution in [0.2, 0.25) is 0 Å². The van der Waals surface area contributed by atoms with Gasteiger partial charge in [-0.25, -0.2) is 0 Å². The van der Waals surface area contributed by atoms with Crippen molar-refractivity contribution in [3.8, 4) is 0 Å². The second-order valence-electron chi connectivity index (χ2n) is 6.08. The van der Waals surface area contributed by atoms with Gasteiger partial charge in [0.2, 0.25) is 0 Å². The van der Waals surface area contributed by atoms with Gasteiger partial charge in [0.25, 0.3) is 0 Å². The molecule has 0 atom stereocenters. The number of rotatable bonds is 6. The van der Waals surface area contributed by atoms with Crippen molar-refractivity contribution in [3.63, 3.8) is 0 Å². The molecule has 2 N–H and O–H groups in total. The molecule has 0 bridgehead atoms. The third-order valence-corrected chi connectivity index (χ3v) is 5.29. The highest BCUT2D eigenvalue weighted by atomic mass is 32.1. The van der Waals surface area contributed by atoms with E-state index < -0.39 is 0 Å². The zero-order valence-electron chi connectivity index (χ0n) is 11.7.